The molecule has 0 amide bonds. The Balaban J connectivity index is 0.00000400. The van der Waals surface area contributed by atoms with Crippen molar-refractivity contribution in [2.45, 2.75) is 26.1 Å². The summed E-state index contributed by atoms with van der Waals surface area (Å²) >= 11 is 4.97. The van der Waals surface area contributed by atoms with Crippen LogP contribution in [0, 0.1) is 0 Å². The lowest BCUT2D eigenvalue weighted by molar-refractivity contribution is -0.132. The molecule has 1 aromatic rings. The lowest BCUT2D eigenvalue weighted by Gasteiger charge is -2.21. The van der Waals surface area contributed by atoms with Gasteiger partial charge in [0.15, 0.2) is 5.96 Å². The predicted molar refractivity (Wildman–Crippen MR) is 95.6 cm³/mol. The van der Waals surface area contributed by atoms with E-state index < -0.39 is 12.6 Å². The van der Waals surface area contributed by atoms with E-state index in [9.17, 15) is 13.2 Å². The van der Waals surface area contributed by atoms with Crippen LogP contribution >= 0.6 is 51.2 Å². The van der Waals surface area contributed by atoms with Gasteiger partial charge in [-0.2, -0.15) is 13.2 Å². The van der Waals surface area contributed by atoms with Crippen LogP contribution in [0.3, 0.4) is 0 Å². The van der Waals surface area contributed by atoms with Gasteiger partial charge in [0.25, 0.3) is 0 Å². The molecule has 1 heterocycles. The number of hydrogen-bond acceptors (Lipinski definition) is 2. The number of guanidine groups is 1. The van der Waals surface area contributed by atoms with Crippen LogP contribution in [0.2, 0.25) is 0 Å². The highest BCUT2D eigenvalue weighted by Gasteiger charge is 2.26. The van der Waals surface area contributed by atoms with Crippen LogP contribution in [0.1, 0.15) is 18.2 Å². The average molecular weight is 500 g/mol. The Labute approximate surface area is 152 Å². The van der Waals surface area contributed by atoms with E-state index in [0.29, 0.717) is 19.0 Å². The highest BCUT2D eigenvalue weighted by Crippen LogP contribution is 2.23. The van der Waals surface area contributed by atoms with Crippen LogP contribution in [0.25, 0.3) is 0 Å². The van der Waals surface area contributed by atoms with E-state index in [-0.39, 0.29) is 30.5 Å². The topological polar surface area (TPSA) is 27.6 Å². The van der Waals surface area contributed by atoms with Crippen LogP contribution in [-0.4, -0.2) is 37.2 Å². The smallest absolute Gasteiger partial charge is 0.357 e. The molecule has 0 saturated heterocycles. The van der Waals surface area contributed by atoms with Crippen molar-refractivity contribution in [3.8, 4) is 0 Å². The van der Waals surface area contributed by atoms with Crippen LogP contribution in [-0.2, 0) is 6.54 Å². The molecule has 0 fully saturated rings. The number of aliphatic imine (C=N–C) groups is 1. The van der Waals surface area contributed by atoms with Crippen molar-refractivity contribution in [1.82, 2.24) is 10.2 Å². The standard InChI is InChI=1S/C12H17BrF3N3S.HI/c1-3-17-11(18-7-6-12(14,15)16)19(2)8-9-4-5-10(13)20-9;/h4-5H,3,6-8H2,1-2H3,(H,17,18);1H. The first-order valence-corrected chi connectivity index (χ1v) is 7.73. The zero-order valence-electron chi connectivity index (χ0n) is 11.7. The number of rotatable bonds is 5. The molecule has 1 N–H and O–H groups in total. The van der Waals surface area contributed by atoms with Crippen LogP contribution in [0.15, 0.2) is 20.9 Å². The van der Waals surface area contributed by atoms with Gasteiger partial charge in [-0.05, 0) is 35.0 Å². The van der Waals surface area contributed by atoms with E-state index in [1.54, 1.807) is 11.3 Å². The average Bonchev–Trinajstić information content (AvgIpc) is 2.72. The van der Waals surface area contributed by atoms with Gasteiger partial charge in [-0.15, -0.1) is 35.3 Å². The molecule has 0 aromatic carbocycles. The molecule has 0 saturated carbocycles. The predicted octanol–water partition coefficient (Wildman–Crippen LogP) is 4.48. The molecular weight excluding hydrogens is 482 g/mol. The summed E-state index contributed by atoms with van der Waals surface area (Å²) < 4.78 is 37.4. The highest BCUT2D eigenvalue weighted by molar-refractivity contribution is 14.0. The fourth-order valence-corrected chi connectivity index (χ4v) is 3.04. The molecular formula is C12H18BrF3IN3S. The SMILES string of the molecule is CCNC(=NCCC(F)(F)F)N(C)Cc1ccc(Br)s1.I. The zero-order chi connectivity index (χ0) is 15.2. The Morgan fingerprint density at radius 2 is 2.10 bits per heavy atom. The Kier molecular flexibility index (Phi) is 9.87. The van der Waals surface area contributed by atoms with Crippen molar-refractivity contribution < 1.29 is 13.2 Å². The van der Waals surface area contributed by atoms with E-state index in [4.69, 9.17) is 0 Å². The Hall–Kier alpha value is -0.0300. The molecule has 0 unspecified atom stereocenters. The molecule has 1 aromatic heterocycles. The maximum atomic E-state index is 12.1. The maximum Gasteiger partial charge on any atom is 0.390 e. The Bertz CT molecular complexity index is 451. The number of halogens is 5. The van der Waals surface area contributed by atoms with E-state index in [1.807, 2.05) is 31.0 Å². The minimum atomic E-state index is -4.17. The van der Waals surface area contributed by atoms with Gasteiger partial charge in [-0.3, -0.25) is 4.99 Å². The van der Waals surface area contributed by atoms with Gasteiger partial charge in [-0.25, -0.2) is 0 Å². The first-order valence-electron chi connectivity index (χ1n) is 6.12. The van der Waals surface area contributed by atoms with Crippen molar-refractivity contribution >= 4 is 57.2 Å². The first-order chi connectivity index (χ1) is 9.31. The van der Waals surface area contributed by atoms with Crippen molar-refractivity contribution in [1.29, 1.82) is 0 Å². The summed E-state index contributed by atoms with van der Waals surface area (Å²) in [6.07, 6.45) is -5.07. The maximum absolute atomic E-state index is 12.1. The molecule has 0 bridgehead atoms. The molecule has 122 valence electrons. The first kappa shape index (κ1) is 21.0. The quantitative estimate of drug-likeness (QED) is 0.367. The summed E-state index contributed by atoms with van der Waals surface area (Å²) in [4.78, 5) is 6.94. The third kappa shape index (κ3) is 8.87. The third-order valence-electron chi connectivity index (χ3n) is 2.38. The van der Waals surface area contributed by atoms with Gasteiger partial charge < -0.3 is 10.2 Å². The molecule has 9 heteroatoms. The molecule has 21 heavy (non-hydrogen) atoms. The Morgan fingerprint density at radius 1 is 1.43 bits per heavy atom. The van der Waals surface area contributed by atoms with Gasteiger partial charge >= 0.3 is 6.18 Å². The minimum absolute atomic E-state index is 0. The van der Waals surface area contributed by atoms with E-state index in [2.05, 4.69) is 26.2 Å². The number of thiophene rings is 1. The highest BCUT2D eigenvalue weighted by atomic mass is 127. The molecule has 0 atom stereocenters. The van der Waals surface area contributed by atoms with Gasteiger partial charge in [0.1, 0.15) is 0 Å². The summed E-state index contributed by atoms with van der Waals surface area (Å²) in [6, 6.07) is 3.92. The summed E-state index contributed by atoms with van der Waals surface area (Å²) in [5, 5.41) is 3.00. The number of nitrogens with one attached hydrogen (secondary N) is 1. The second-order valence-corrected chi connectivity index (χ2v) is 6.71. The molecule has 3 nitrogen and oxygen atoms in total. The summed E-state index contributed by atoms with van der Waals surface area (Å²) in [7, 11) is 1.81. The van der Waals surface area contributed by atoms with Crippen molar-refractivity contribution in [2.75, 3.05) is 20.1 Å². The summed E-state index contributed by atoms with van der Waals surface area (Å²) in [5.74, 6) is 0.487. The van der Waals surface area contributed by atoms with E-state index >= 15 is 0 Å². The lowest BCUT2D eigenvalue weighted by atomic mass is 10.4. The second kappa shape index (κ2) is 9.88. The van der Waals surface area contributed by atoms with Gasteiger partial charge in [0, 0.05) is 18.5 Å². The largest absolute Gasteiger partial charge is 0.390 e. The molecule has 0 spiro atoms. The van der Waals surface area contributed by atoms with Crippen molar-refractivity contribution in [2.24, 2.45) is 4.99 Å². The van der Waals surface area contributed by atoms with Gasteiger partial charge in [-0.1, -0.05) is 0 Å². The van der Waals surface area contributed by atoms with Crippen molar-refractivity contribution in [3.63, 3.8) is 0 Å². The molecule has 0 aliphatic carbocycles. The van der Waals surface area contributed by atoms with Crippen molar-refractivity contribution in [3.05, 3.63) is 20.8 Å². The summed E-state index contributed by atoms with van der Waals surface area (Å²) in [6.45, 7) is 2.84. The van der Waals surface area contributed by atoms with E-state index in [1.165, 1.54) is 0 Å². The monoisotopic (exact) mass is 499 g/mol. The molecule has 0 radical (unpaired) electrons. The molecule has 1 rings (SSSR count). The Morgan fingerprint density at radius 3 is 2.57 bits per heavy atom. The number of hydrogen-bond donors (Lipinski definition) is 1. The molecule has 0 aliphatic rings. The summed E-state index contributed by atoms with van der Waals surface area (Å²) in [5.41, 5.74) is 0. The van der Waals surface area contributed by atoms with E-state index in [0.717, 1.165) is 8.66 Å². The number of nitrogens with zero attached hydrogens (tertiary/aromatic N) is 2. The normalized spacial score (nSPS) is 12.0. The fourth-order valence-electron chi connectivity index (χ4n) is 1.50. The van der Waals surface area contributed by atoms with Gasteiger partial charge in [0.2, 0.25) is 0 Å². The van der Waals surface area contributed by atoms with Crippen LogP contribution < -0.4 is 5.32 Å². The lowest BCUT2D eigenvalue weighted by Crippen LogP contribution is -2.38. The third-order valence-corrected chi connectivity index (χ3v) is 3.98. The number of alkyl halides is 3. The molecule has 0 aliphatic heterocycles. The zero-order valence-corrected chi connectivity index (χ0v) is 16.4. The van der Waals surface area contributed by atoms with Gasteiger partial charge in [0.05, 0.1) is 23.3 Å². The minimum Gasteiger partial charge on any atom is -0.357 e. The van der Waals surface area contributed by atoms with Crippen LogP contribution in [0.4, 0.5) is 13.2 Å². The van der Waals surface area contributed by atoms with Crippen LogP contribution in [0.5, 0.6) is 0 Å². The second-order valence-electron chi connectivity index (χ2n) is 4.16. The fraction of sp³-hybridized carbons (Fsp3) is 0.583.